The number of aromatic nitrogens is 3. The molecule has 3 heterocycles. The van der Waals surface area contributed by atoms with Crippen LogP contribution in [0.2, 0.25) is 0 Å². The first-order valence-corrected chi connectivity index (χ1v) is 14.0. The Morgan fingerprint density at radius 2 is 1.07 bits per heavy atom. The predicted octanol–water partition coefficient (Wildman–Crippen LogP) is 10.0. The van der Waals surface area contributed by atoms with E-state index in [2.05, 4.69) is 160 Å². The Morgan fingerprint density at radius 1 is 0.415 bits per heavy atom. The van der Waals surface area contributed by atoms with Crippen molar-refractivity contribution in [3.8, 4) is 22.5 Å². The van der Waals surface area contributed by atoms with Crippen molar-refractivity contribution >= 4 is 54.5 Å². The second-order valence-electron chi connectivity index (χ2n) is 10.7. The Labute approximate surface area is 236 Å². The lowest BCUT2D eigenvalue weighted by Crippen LogP contribution is -1.94. The average molecular weight is 524 g/mol. The molecule has 9 rings (SSSR count). The molecule has 0 atom stereocenters. The Kier molecular flexibility index (Phi) is 4.61. The van der Waals surface area contributed by atoms with Crippen molar-refractivity contribution in [2.75, 3.05) is 0 Å². The van der Waals surface area contributed by atoms with E-state index in [0.717, 1.165) is 0 Å². The molecule has 0 bridgehead atoms. The number of nitrogens with zero attached hydrogens (tertiary/aromatic N) is 2. The van der Waals surface area contributed by atoms with E-state index >= 15 is 0 Å². The summed E-state index contributed by atoms with van der Waals surface area (Å²) >= 11 is 0. The molecule has 192 valence electrons. The molecule has 0 aliphatic rings. The summed E-state index contributed by atoms with van der Waals surface area (Å²) in [5.74, 6) is 0. The summed E-state index contributed by atoms with van der Waals surface area (Å²) in [5, 5.41) is 6.28. The molecule has 41 heavy (non-hydrogen) atoms. The van der Waals surface area contributed by atoms with Crippen LogP contribution in [0.15, 0.2) is 146 Å². The molecule has 0 saturated heterocycles. The Morgan fingerprint density at radius 3 is 1.90 bits per heavy atom. The van der Waals surface area contributed by atoms with Crippen LogP contribution in [0.25, 0.3) is 77.0 Å². The highest BCUT2D eigenvalue weighted by molar-refractivity contribution is 6.19. The third-order valence-corrected chi connectivity index (χ3v) is 8.48. The maximum absolute atomic E-state index is 3.56. The Bertz CT molecular complexity index is 2400. The smallest absolute Gasteiger partial charge is 0.0635 e. The summed E-state index contributed by atoms with van der Waals surface area (Å²) < 4.78 is 4.71. The van der Waals surface area contributed by atoms with Gasteiger partial charge in [0.25, 0.3) is 0 Å². The molecule has 3 heteroatoms. The van der Waals surface area contributed by atoms with Crippen LogP contribution in [0.3, 0.4) is 0 Å². The number of fused-ring (bicyclic) bond motifs is 8. The van der Waals surface area contributed by atoms with Gasteiger partial charge in [-0.2, -0.15) is 0 Å². The second-order valence-corrected chi connectivity index (χ2v) is 10.7. The van der Waals surface area contributed by atoms with Crippen LogP contribution in [0.4, 0.5) is 0 Å². The van der Waals surface area contributed by atoms with E-state index in [9.17, 15) is 0 Å². The molecule has 0 aliphatic carbocycles. The van der Waals surface area contributed by atoms with Gasteiger partial charge in [0.15, 0.2) is 0 Å². The number of benzene rings is 6. The van der Waals surface area contributed by atoms with E-state index in [1.54, 1.807) is 0 Å². The first-order valence-electron chi connectivity index (χ1n) is 14.0. The van der Waals surface area contributed by atoms with Crippen molar-refractivity contribution < 1.29 is 0 Å². The molecule has 3 aromatic heterocycles. The van der Waals surface area contributed by atoms with Crippen molar-refractivity contribution in [1.29, 1.82) is 0 Å². The lowest BCUT2D eigenvalue weighted by molar-refractivity contribution is 1.13. The summed E-state index contributed by atoms with van der Waals surface area (Å²) in [5.41, 5.74) is 10.8. The molecular weight excluding hydrogens is 498 g/mol. The summed E-state index contributed by atoms with van der Waals surface area (Å²) in [6.07, 6.45) is 2.19. The van der Waals surface area contributed by atoms with E-state index in [1.807, 2.05) is 0 Å². The van der Waals surface area contributed by atoms with E-state index in [4.69, 9.17) is 0 Å². The van der Waals surface area contributed by atoms with Crippen molar-refractivity contribution in [1.82, 2.24) is 14.1 Å². The van der Waals surface area contributed by atoms with E-state index in [-0.39, 0.29) is 0 Å². The number of hydrogen-bond acceptors (Lipinski definition) is 0. The highest BCUT2D eigenvalue weighted by Gasteiger charge is 2.18. The number of hydrogen-bond donors (Lipinski definition) is 1. The second kappa shape index (κ2) is 8.48. The van der Waals surface area contributed by atoms with E-state index in [0.29, 0.717) is 0 Å². The minimum absolute atomic E-state index is 1.17. The fourth-order valence-corrected chi connectivity index (χ4v) is 6.59. The quantitative estimate of drug-likeness (QED) is 0.238. The number of nitrogens with one attached hydrogen (secondary N) is 1. The summed E-state index contributed by atoms with van der Waals surface area (Å²) in [6.45, 7) is 0. The molecule has 9 aromatic rings. The molecule has 1 N–H and O–H groups in total. The molecule has 0 spiro atoms. The molecule has 0 fully saturated rings. The zero-order valence-corrected chi connectivity index (χ0v) is 22.3. The summed E-state index contributed by atoms with van der Waals surface area (Å²) in [6, 6.07) is 50.3. The third kappa shape index (κ3) is 3.26. The maximum Gasteiger partial charge on any atom is 0.0635 e. The first-order chi connectivity index (χ1) is 20.3. The average Bonchev–Trinajstić information content (AvgIpc) is 3.73. The van der Waals surface area contributed by atoms with E-state index in [1.165, 1.54) is 77.0 Å². The van der Waals surface area contributed by atoms with Gasteiger partial charge in [0.1, 0.15) is 0 Å². The van der Waals surface area contributed by atoms with Crippen LogP contribution in [0.1, 0.15) is 0 Å². The highest BCUT2D eigenvalue weighted by atomic mass is 15.0. The van der Waals surface area contributed by atoms with Gasteiger partial charge in [-0.25, -0.2) is 0 Å². The molecule has 0 saturated carbocycles. The molecule has 6 aromatic carbocycles. The molecule has 0 aliphatic heterocycles. The lowest BCUT2D eigenvalue weighted by atomic mass is 10.0. The molecule has 0 radical (unpaired) electrons. The SMILES string of the molecule is c1ccc(-n2ccc3c2ccc2c4cc(-c5ccc6[nH]c7ccccc7c6c5)ccc4n(-c4ccccc4)c23)cc1. The fraction of sp³-hybridized carbons (Fsp3) is 0. The molecule has 3 nitrogen and oxygen atoms in total. The minimum Gasteiger partial charge on any atom is -0.355 e. The van der Waals surface area contributed by atoms with E-state index < -0.39 is 0 Å². The molecule has 0 amide bonds. The van der Waals surface area contributed by atoms with Gasteiger partial charge in [-0.05, 0) is 77.9 Å². The van der Waals surface area contributed by atoms with Crippen LogP contribution >= 0.6 is 0 Å². The van der Waals surface area contributed by atoms with Crippen molar-refractivity contribution in [2.45, 2.75) is 0 Å². The van der Waals surface area contributed by atoms with Gasteiger partial charge >= 0.3 is 0 Å². The van der Waals surface area contributed by atoms with Crippen LogP contribution in [-0.4, -0.2) is 14.1 Å². The predicted molar refractivity (Wildman–Crippen MR) is 172 cm³/mol. The zero-order valence-electron chi connectivity index (χ0n) is 22.3. The number of aromatic amines is 1. The topological polar surface area (TPSA) is 25.6 Å². The molecule has 0 unspecified atom stereocenters. The van der Waals surface area contributed by atoms with Crippen molar-refractivity contribution in [2.24, 2.45) is 0 Å². The highest BCUT2D eigenvalue weighted by Crippen LogP contribution is 2.40. The molecular formula is C38H25N3. The monoisotopic (exact) mass is 523 g/mol. The standard InChI is InChI=1S/C38H25N3/c1-3-9-27(10-4-1)40-22-21-31-36(40)20-17-30-33-24-26(16-19-37(33)41(38(30)31)28-11-5-2-6-12-28)25-15-18-35-32(23-25)29-13-7-8-14-34(29)39-35/h1-24,39H. The number of rotatable bonds is 3. The normalized spacial score (nSPS) is 11.9. The summed E-state index contributed by atoms with van der Waals surface area (Å²) in [7, 11) is 0. The van der Waals surface area contributed by atoms with Gasteiger partial charge < -0.3 is 14.1 Å². The fourth-order valence-electron chi connectivity index (χ4n) is 6.59. The Balaban J connectivity index is 1.32. The van der Waals surface area contributed by atoms with Gasteiger partial charge in [-0.15, -0.1) is 0 Å². The van der Waals surface area contributed by atoms with Gasteiger partial charge in [0.05, 0.1) is 16.6 Å². The van der Waals surface area contributed by atoms with Crippen LogP contribution in [0, 0.1) is 0 Å². The van der Waals surface area contributed by atoms with Gasteiger partial charge in [0, 0.05) is 55.5 Å². The van der Waals surface area contributed by atoms with Crippen molar-refractivity contribution in [3.63, 3.8) is 0 Å². The zero-order chi connectivity index (χ0) is 26.9. The van der Waals surface area contributed by atoms with Crippen molar-refractivity contribution in [3.05, 3.63) is 146 Å². The van der Waals surface area contributed by atoms with Gasteiger partial charge in [-0.3, -0.25) is 0 Å². The van der Waals surface area contributed by atoms with Gasteiger partial charge in [0.2, 0.25) is 0 Å². The third-order valence-electron chi connectivity index (χ3n) is 8.48. The number of para-hydroxylation sites is 3. The Hall–Kier alpha value is -5.54. The minimum atomic E-state index is 1.17. The lowest BCUT2D eigenvalue weighted by Gasteiger charge is -2.10. The van der Waals surface area contributed by atoms with Gasteiger partial charge in [-0.1, -0.05) is 72.8 Å². The number of H-pyrrole nitrogens is 1. The first kappa shape index (κ1) is 22.3. The van der Waals surface area contributed by atoms with Crippen LogP contribution in [0.5, 0.6) is 0 Å². The van der Waals surface area contributed by atoms with Crippen LogP contribution in [-0.2, 0) is 0 Å². The largest absolute Gasteiger partial charge is 0.355 e. The van der Waals surface area contributed by atoms with Crippen LogP contribution < -0.4 is 0 Å². The summed E-state index contributed by atoms with van der Waals surface area (Å²) in [4.78, 5) is 3.56. The maximum atomic E-state index is 3.56.